The van der Waals surface area contributed by atoms with Crippen molar-refractivity contribution in [1.82, 2.24) is 19.4 Å². The van der Waals surface area contributed by atoms with E-state index in [1.54, 1.807) is 48.0 Å². The first-order chi connectivity index (χ1) is 17.6. The van der Waals surface area contributed by atoms with E-state index >= 15 is 0 Å². The van der Waals surface area contributed by atoms with E-state index in [1.165, 1.54) is 18.3 Å². The van der Waals surface area contributed by atoms with Crippen molar-refractivity contribution in [2.24, 2.45) is 0 Å². The number of halogens is 1. The summed E-state index contributed by atoms with van der Waals surface area (Å²) in [6, 6.07) is 9.56. The van der Waals surface area contributed by atoms with Gasteiger partial charge in [-0.25, -0.2) is 18.4 Å². The van der Waals surface area contributed by atoms with Gasteiger partial charge in [-0.2, -0.15) is 0 Å². The highest BCUT2D eigenvalue weighted by Gasteiger charge is 2.43. The van der Waals surface area contributed by atoms with Gasteiger partial charge >= 0.3 is 0 Å². The lowest BCUT2D eigenvalue weighted by molar-refractivity contribution is -0.115. The number of nitrogens with one attached hydrogen (secondary N) is 1. The number of pyridine rings is 1. The maximum atomic E-state index is 13.6. The van der Waals surface area contributed by atoms with Gasteiger partial charge in [0.1, 0.15) is 11.0 Å². The van der Waals surface area contributed by atoms with E-state index in [-0.39, 0.29) is 28.8 Å². The van der Waals surface area contributed by atoms with Crippen LogP contribution in [0.3, 0.4) is 0 Å². The molecular formula is C26H24ClN5O4S. The molecule has 1 aliphatic carbocycles. The number of carbonyl (C=O) groups is 2. The number of carbonyl (C=O) groups excluding carboxylic acids is 2. The standard InChI is InChI=1S/C26H24ClN5O4S/c1-3-37(35,36)17-6-4-16(5-7-17)14-22(33)31-21-9-8-18-19(30-21)10-11-26(2,24(18)34)23-25-28-12-13-32(25)20(27)15-29-23/h4-9,12-13,15H,3,10-11,14H2,1-2H3,(H,30,31,33). The van der Waals surface area contributed by atoms with E-state index in [2.05, 4.69) is 20.3 Å². The quantitative estimate of drug-likeness (QED) is 0.396. The second-order valence-electron chi connectivity index (χ2n) is 9.17. The molecule has 0 aliphatic heterocycles. The summed E-state index contributed by atoms with van der Waals surface area (Å²) in [7, 11) is -3.29. The summed E-state index contributed by atoms with van der Waals surface area (Å²) < 4.78 is 25.6. The summed E-state index contributed by atoms with van der Waals surface area (Å²) in [5.74, 6) is -0.0354. The van der Waals surface area contributed by atoms with Crippen LogP contribution in [-0.4, -0.2) is 45.2 Å². The molecule has 0 radical (unpaired) electrons. The zero-order valence-electron chi connectivity index (χ0n) is 20.2. The van der Waals surface area contributed by atoms with E-state index < -0.39 is 15.3 Å². The molecular weight excluding hydrogens is 514 g/mol. The molecule has 0 saturated carbocycles. The topological polar surface area (TPSA) is 123 Å². The zero-order chi connectivity index (χ0) is 26.4. The van der Waals surface area contributed by atoms with Gasteiger partial charge in [-0.15, -0.1) is 0 Å². The summed E-state index contributed by atoms with van der Waals surface area (Å²) in [4.78, 5) is 39.8. The molecule has 190 valence electrons. The minimum absolute atomic E-state index is 0.0163. The number of fused-ring (bicyclic) bond motifs is 2. The van der Waals surface area contributed by atoms with Crippen LogP contribution in [0.5, 0.6) is 0 Å². The van der Waals surface area contributed by atoms with Gasteiger partial charge in [-0.05, 0) is 49.6 Å². The first-order valence-electron chi connectivity index (χ1n) is 11.8. The van der Waals surface area contributed by atoms with Crippen LogP contribution in [0, 0.1) is 0 Å². The average Bonchev–Trinajstić information content (AvgIpc) is 3.38. The summed E-state index contributed by atoms with van der Waals surface area (Å²) in [5, 5.41) is 3.18. The monoisotopic (exact) mass is 537 g/mol. The third-order valence-corrected chi connectivity index (χ3v) is 8.81. The number of aromatic nitrogens is 4. The molecule has 1 amide bonds. The Bertz CT molecular complexity index is 1650. The molecule has 4 aromatic rings. The van der Waals surface area contributed by atoms with Gasteiger partial charge in [0.2, 0.25) is 5.91 Å². The van der Waals surface area contributed by atoms with Crippen LogP contribution in [0.1, 0.15) is 47.6 Å². The SMILES string of the molecule is CCS(=O)(=O)c1ccc(CC(=O)Nc2ccc3c(n2)CCC(C)(c2ncc(Cl)n4ccnc24)C3=O)cc1. The summed E-state index contributed by atoms with van der Waals surface area (Å²) >= 11 is 6.22. The molecule has 1 N–H and O–H groups in total. The maximum Gasteiger partial charge on any atom is 0.229 e. The minimum atomic E-state index is -3.29. The molecule has 0 saturated heterocycles. The normalized spacial score (nSPS) is 17.5. The number of hydrogen-bond donors (Lipinski definition) is 1. The number of nitrogens with zero attached hydrogens (tertiary/aromatic N) is 4. The number of Topliss-reactive ketones (excluding diaryl/α,β-unsaturated/α-hetero) is 1. The Morgan fingerprint density at radius 3 is 2.65 bits per heavy atom. The Kier molecular flexibility index (Phi) is 6.33. The van der Waals surface area contributed by atoms with Gasteiger partial charge < -0.3 is 5.32 Å². The van der Waals surface area contributed by atoms with Crippen LogP contribution in [0.15, 0.2) is 59.9 Å². The van der Waals surface area contributed by atoms with Crippen LogP contribution < -0.4 is 5.32 Å². The smallest absolute Gasteiger partial charge is 0.229 e. The van der Waals surface area contributed by atoms with Crippen LogP contribution >= 0.6 is 11.6 Å². The van der Waals surface area contributed by atoms with Crippen LogP contribution in [0.2, 0.25) is 5.15 Å². The number of hydrogen-bond acceptors (Lipinski definition) is 7. The average molecular weight is 538 g/mol. The lowest BCUT2D eigenvalue weighted by Crippen LogP contribution is -2.39. The van der Waals surface area contributed by atoms with Crippen molar-refractivity contribution in [3.8, 4) is 0 Å². The minimum Gasteiger partial charge on any atom is -0.310 e. The number of imidazole rings is 1. The largest absolute Gasteiger partial charge is 0.310 e. The Balaban J connectivity index is 1.33. The Hall–Kier alpha value is -3.63. The molecule has 3 aromatic heterocycles. The molecule has 1 aliphatic rings. The lowest BCUT2D eigenvalue weighted by atomic mass is 9.71. The van der Waals surface area contributed by atoms with E-state index in [4.69, 9.17) is 11.6 Å². The van der Waals surface area contributed by atoms with E-state index in [0.29, 0.717) is 52.0 Å². The molecule has 9 nitrogen and oxygen atoms in total. The van der Waals surface area contributed by atoms with Gasteiger partial charge in [0.25, 0.3) is 0 Å². The molecule has 3 heterocycles. The third-order valence-electron chi connectivity index (χ3n) is 6.78. The van der Waals surface area contributed by atoms with Crippen molar-refractivity contribution in [2.75, 3.05) is 11.1 Å². The molecule has 11 heteroatoms. The number of benzene rings is 1. The molecule has 5 rings (SSSR count). The number of aryl methyl sites for hydroxylation is 1. The second kappa shape index (κ2) is 9.35. The molecule has 0 fully saturated rings. The van der Waals surface area contributed by atoms with Crippen molar-refractivity contribution in [2.45, 2.75) is 43.4 Å². The molecule has 0 spiro atoms. The third kappa shape index (κ3) is 4.51. The summed E-state index contributed by atoms with van der Waals surface area (Å²) in [6.07, 6.45) is 5.93. The first kappa shape index (κ1) is 25.0. The van der Waals surface area contributed by atoms with E-state index in [9.17, 15) is 18.0 Å². The van der Waals surface area contributed by atoms with Crippen molar-refractivity contribution in [3.63, 3.8) is 0 Å². The molecule has 0 bridgehead atoms. The van der Waals surface area contributed by atoms with Crippen molar-refractivity contribution in [1.29, 1.82) is 0 Å². The molecule has 1 atom stereocenters. The maximum absolute atomic E-state index is 13.6. The van der Waals surface area contributed by atoms with Crippen molar-refractivity contribution < 1.29 is 18.0 Å². The molecule has 1 aromatic carbocycles. The number of ketones is 1. The highest BCUT2D eigenvalue weighted by molar-refractivity contribution is 7.91. The number of anilines is 1. The Labute approximate surface area is 218 Å². The van der Waals surface area contributed by atoms with Gasteiger partial charge in [-0.3, -0.25) is 19.0 Å². The molecule has 1 unspecified atom stereocenters. The summed E-state index contributed by atoms with van der Waals surface area (Å²) in [6.45, 7) is 3.44. The number of rotatable bonds is 6. The van der Waals surface area contributed by atoms with Crippen molar-refractivity contribution >= 4 is 44.6 Å². The second-order valence-corrected chi connectivity index (χ2v) is 11.8. The fraction of sp³-hybridized carbons (Fsp3) is 0.269. The molecule has 37 heavy (non-hydrogen) atoms. The fourth-order valence-corrected chi connectivity index (χ4v) is 5.67. The van der Waals surface area contributed by atoms with Crippen LogP contribution in [-0.2, 0) is 32.9 Å². The van der Waals surface area contributed by atoms with Gasteiger partial charge in [0.15, 0.2) is 21.3 Å². The highest BCUT2D eigenvalue weighted by atomic mass is 35.5. The van der Waals surface area contributed by atoms with Crippen LogP contribution in [0.25, 0.3) is 5.65 Å². The Morgan fingerprint density at radius 1 is 1.16 bits per heavy atom. The van der Waals surface area contributed by atoms with Crippen molar-refractivity contribution in [3.05, 3.63) is 82.7 Å². The first-order valence-corrected chi connectivity index (χ1v) is 13.8. The van der Waals surface area contributed by atoms with Gasteiger partial charge in [-0.1, -0.05) is 30.7 Å². The number of amides is 1. The fourth-order valence-electron chi connectivity index (χ4n) is 4.61. The van der Waals surface area contributed by atoms with Gasteiger partial charge in [0.05, 0.1) is 40.1 Å². The van der Waals surface area contributed by atoms with Gasteiger partial charge in [0, 0.05) is 18.0 Å². The van der Waals surface area contributed by atoms with E-state index in [0.717, 1.165) is 0 Å². The van der Waals surface area contributed by atoms with E-state index in [1.807, 2.05) is 6.92 Å². The number of sulfone groups is 1. The summed E-state index contributed by atoms with van der Waals surface area (Å²) in [5.41, 5.74) is 1.99. The zero-order valence-corrected chi connectivity index (χ0v) is 21.8. The highest BCUT2D eigenvalue weighted by Crippen LogP contribution is 2.39. The predicted octanol–water partition coefficient (Wildman–Crippen LogP) is 3.84. The lowest BCUT2D eigenvalue weighted by Gasteiger charge is -2.32. The predicted molar refractivity (Wildman–Crippen MR) is 139 cm³/mol. The Morgan fingerprint density at radius 2 is 1.92 bits per heavy atom. The van der Waals surface area contributed by atoms with Crippen LogP contribution in [0.4, 0.5) is 5.82 Å².